The molecule has 2 aromatic carbocycles. The summed E-state index contributed by atoms with van der Waals surface area (Å²) >= 11 is 0. The van der Waals surface area contributed by atoms with Crippen molar-refractivity contribution in [3.8, 4) is 0 Å². The largest absolute Gasteiger partial charge is 0.0622 e. The molecular formula is C21H29P. The Morgan fingerprint density at radius 2 is 1.23 bits per heavy atom. The zero-order valence-electron chi connectivity index (χ0n) is 14.8. The van der Waals surface area contributed by atoms with E-state index in [2.05, 4.69) is 84.0 Å². The standard InChI is InChI=1S/C21H29P/c1-14(2)18-12-13-19(22-17-10-8-7-9-11-17)21(16(5)6)20(18)15(3)4/h7-16,22H,1-6H3. The summed E-state index contributed by atoms with van der Waals surface area (Å²) in [6, 6.07) is 15.6. The molecule has 1 atom stereocenters. The zero-order chi connectivity index (χ0) is 16.3. The van der Waals surface area contributed by atoms with Crippen molar-refractivity contribution in [3.63, 3.8) is 0 Å². The average molecular weight is 312 g/mol. The maximum atomic E-state index is 2.38. The Morgan fingerprint density at radius 1 is 0.636 bits per heavy atom. The SMILES string of the molecule is CC(C)c1ccc(Pc2ccccc2)c(C(C)C)c1C(C)C. The number of rotatable bonds is 5. The monoisotopic (exact) mass is 312 g/mol. The molecular weight excluding hydrogens is 283 g/mol. The van der Waals surface area contributed by atoms with Crippen LogP contribution >= 0.6 is 8.58 Å². The molecule has 0 saturated heterocycles. The minimum atomic E-state index is 0.572. The van der Waals surface area contributed by atoms with Crippen molar-refractivity contribution in [3.05, 3.63) is 59.2 Å². The summed E-state index contributed by atoms with van der Waals surface area (Å²) in [4.78, 5) is 0. The minimum Gasteiger partial charge on any atom is -0.0622 e. The third-order valence-electron chi connectivity index (χ3n) is 4.15. The van der Waals surface area contributed by atoms with Crippen LogP contribution in [0, 0.1) is 0 Å². The van der Waals surface area contributed by atoms with E-state index >= 15 is 0 Å². The van der Waals surface area contributed by atoms with Gasteiger partial charge in [-0.2, -0.15) is 0 Å². The van der Waals surface area contributed by atoms with Gasteiger partial charge in [-0.25, -0.2) is 0 Å². The van der Waals surface area contributed by atoms with Gasteiger partial charge in [-0.15, -0.1) is 0 Å². The smallest absolute Gasteiger partial charge is 0.0189 e. The van der Waals surface area contributed by atoms with Crippen LogP contribution in [0.1, 0.15) is 76.0 Å². The van der Waals surface area contributed by atoms with E-state index in [1.807, 2.05) is 0 Å². The molecule has 2 rings (SSSR count). The Morgan fingerprint density at radius 3 is 1.73 bits per heavy atom. The third-order valence-corrected chi connectivity index (χ3v) is 5.48. The van der Waals surface area contributed by atoms with E-state index in [9.17, 15) is 0 Å². The van der Waals surface area contributed by atoms with Gasteiger partial charge in [0, 0.05) is 0 Å². The van der Waals surface area contributed by atoms with Crippen molar-refractivity contribution in [2.75, 3.05) is 0 Å². The first kappa shape index (κ1) is 17.2. The van der Waals surface area contributed by atoms with Gasteiger partial charge in [0.2, 0.25) is 0 Å². The molecule has 1 heteroatoms. The van der Waals surface area contributed by atoms with Crippen LogP contribution in [-0.4, -0.2) is 0 Å². The van der Waals surface area contributed by atoms with Crippen molar-refractivity contribution in [1.82, 2.24) is 0 Å². The lowest BCUT2D eigenvalue weighted by atomic mass is 9.83. The molecule has 1 unspecified atom stereocenters. The van der Waals surface area contributed by atoms with Crippen molar-refractivity contribution in [2.24, 2.45) is 0 Å². The van der Waals surface area contributed by atoms with Gasteiger partial charge in [0.05, 0.1) is 0 Å². The maximum absolute atomic E-state index is 2.38. The lowest BCUT2D eigenvalue weighted by molar-refractivity contribution is 0.752. The molecule has 0 aliphatic carbocycles. The first-order valence-electron chi connectivity index (χ1n) is 8.40. The van der Waals surface area contributed by atoms with Gasteiger partial charge in [-0.1, -0.05) is 92.6 Å². The van der Waals surface area contributed by atoms with Crippen LogP contribution in [-0.2, 0) is 0 Å². The fraction of sp³-hybridized carbons (Fsp3) is 0.429. The highest BCUT2D eigenvalue weighted by atomic mass is 31.1. The Balaban J connectivity index is 2.57. The zero-order valence-corrected chi connectivity index (χ0v) is 15.8. The fourth-order valence-electron chi connectivity index (χ4n) is 3.21. The summed E-state index contributed by atoms with van der Waals surface area (Å²) in [5.74, 6) is 1.74. The van der Waals surface area contributed by atoms with Gasteiger partial charge < -0.3 is 0 Å². The molecule has 0 aliphatic rings. The van der Waals surface area contributed by atoms with E-state index < -0.39 is 0 Å². The first-order valence-corrected chi connectivity index (χ1v) is 9.40. The molecule has 0 amide bonds. The second kappa shape index (κ2) is 7.42. The highest BCUT2D eigenvalue weighted by Crippen LogP contribution is 2.34. The molecule has 0 aliphatic heterocycles. The molecule has 2 aromatic rings. The normalized spacial score (nSPS) is 12.2. The number of hydrogen-bond acceptors (Lipinski definition) is 0. The van der Waals surface area contributed by atoms with E-state index in [-0.39, 0.29) is 0 Å². The molecule has 0 fully saturated rings. The molecule has 0 radical (unpaired) electrons. The molecule has 0 saturated carbocycles. The molecule has 0 bridgehead atoms. The van der Waals surface area contributed by atoms with Gasteiger partial charge >= 0.3 is 0 Å². The summed E-state index contributed by atoms with van der Waals surface area (Å²) in [6.45, 7) is 14.0. The Kier molecular flexibility index (Phi) is 5.81. The van der Waals surface area contributed by atoms with E-state index in [1.54, 1.807) is 11.1 Å². The van der Waals surface area contributed by atoms with Gasteiger partial charge in [0.25, 0.3) is 0 Å². The second-order valence-electron chi connectivity index (χ2n) is 6.98. The lowest BCUT2D eigenvalue weighted by Gasteiger charge is -2.25. The second-order valence-corrected chi connectivity index (χ2v) is 8.35. The number of hydrogen-bond donors (Lipinski definition) is 0. The summed E-state index contributed by atoms with van der Waals surface area (Å²) in [6.07, 6.45) is 0. The van der Waals surface area contributed by atoms with Crippen molar-refractivity contribution < 1.29 is 0 Å². The number of benzene rings is 2. The molecule has 0 nitrogen and oxygen atoms in total. The molecule has 118 valence electrons. The van der Waals surface area contributed by atoms with E-state index in [1.165, 1.54) is 16.2 Å². The molecule has 0 spiro atoms. The fourth-order valence-corrected chi connectivity index (χ4v) is 4.60. The summed E-state index contributed by atoms with van der Waals surface area (Å²) in [5.41, 5.74) is 4.70. The van der Waals surface area contributed by atoms with Crippen LogP contribution in [0.15, 0.2) is 42.5 Å². The van der Waals surface area contributed by atoms with Crippen LogP contribution < -0.4 is 10.6 Å². The summed E-state index contributed by atoms with van der Waals surface area (Å²) in [7, 11) is 0.747. The summed E-state index contributed by atoms with van der Waals surface area (Å²) in [5, 5.41) is 2.95. The van der Waals surface area contributed by atoms with Crippen LogP contribution in [0.25, 0.3) is 0 Å². The van der Waals surface area contributed by atoms with Crippen molar-refractivity contribution in [1.29, 1.82) is 0 Å². The van der Waals surface area contributed by atoms with E-state index in [0.717, 1.165) is 8.58 Å². The van der Waals surface area contributed by atoms with Gasteiger partial charge in [0.15, 0.2) is 0 Å². The van der Waals surface area contributed by atoms with Gasteiger partial charge in [-0.05, 0) is 45.1 Å². The predicted molar refractivity (Wildman–Crippen MR) is 103 cm³/mol. The highest BCUT2D eigenvalue weighted by molar-refractivity contribution is 7.55. The van der Waals surface area contributed by atoms with Gasteiger partial charge in [-0.3, -0.25) is 0 Å². The Labute approximate surface area is 138 Å². The first-order chi connectivity index (χ1) is 10.4. The average Bonchev–Trinajstić information content (AvgIpc) is 2.47. The molecule has 0 heterocycles. The van der Waals surface area contributed by atoms with Crippen LogP contribution in [0.3, 0.4) is 0 Å². The summed E-state index contributed by atoms with van der Waals surface area (Å²) < 4.78 is 0. The maximum Gasteiger partial charge on any atom is -0.0189 e. The van der Waals surface area contributed by atoms with E-state index in [4.69, 9.17) is 0 Å². The quantitative estimate of drug-likeness (QED) is 0.622. The Hall–Kier alpha value is -1.13. The van der Waals surface area contributed by atoms with Crippen LogP contribution in [0.5, 0.6) is 0 Å². The lowest BCUT2D eigenvalue weighted by Crippen LogP contribution is -2.17. The Bertz CT molecular complexity index is 609. The van der Waals surface area contributed by atoms with Crippen molar-refractivity contribution in [2.45, 2.75) is 59.3 Å². The topological polar surface area (TPSA) is 0 Å². The molecule has 0 N–H and O–H groups in total. The van der Waals surface area contributed by atoms with Crippen molar-refractivity contribution >= 4 is 19.2 Å². The minimum absolute atomic E-state index is 0.572. The highest BCUT2D eigenvalue weighted by Gasteiger charge is 2.20. The third kappa shape index (κ3) is 3.79. The van der Waals surface area contributed by atoms with Gasteiger partial charge in [0.1, 0.15) is 0 Å². The molecule has 0 aromatic heterocycles. The predicted octanol–water partition coefficient (Wildman–Crippen LogP) is 5.69. The van der Waals surface area contributed by atoms with Crippen LogP contribution in [0.4, 0.5) is 0 Å². The van der Waals surface area contributed by atoms with E-state index in [0.29, 0.717) is 17.8 Å². The van der Waals surface area contributed by atoms with Crippen LogP contribution in [0.2, 0.25) is 0 Å². The molecule has 22 heavy (non-hydrogen) atoms.